The summed E-state index contributed by atoms with van der Waals surface area (Å²) >= 11 is 0. The van der Waals surface area contributed by atoms with Crippen molar-refractivity contribution in [1.82, 2.24) is 4.90 Å². The Balaban J connectivity index is 0.00000288. The van der Waals surface area contributed by atoms with E-state index in [0.29, 0.717) is 12.1 Å². The molecule has 2 aromatic rings. The largest absolute Gasteiger partial charge is 0.465 e. The molecular weight excluding hydrogens is 324 g/mol. The number of carbonyl (C=O) groups is 1. The SMILES string of the molecule is COC(=O)c1ccc(CN(CCN)CCc2ccccc2)cc1.Cl. The van der Waals surface area contributed by atoms with Gasteiger partial charge in [0.2, 0.25) is 0 Å². The fraction of sp³-hybridized carbons (Fsp3) is 0.316. The molecule has 0 aliphatic carbocycles. The summed E-state index contributed by atoms with van der Waals surface area (Å²) in [7, 11) is 1.39. The first-order valence-corrected chi connectivity index (χ1v) is 7.86. The van der Waals surface area contributed by atoms with Crippen LogP contribution in [0.15, 0.2) is 54.6 Å². The molecule has 0 amide bonds. The van der Waals surface area contributed by atoms with Crippen LogP contribution in [0.4, 0.5) is 0 Å². The van der Waals surface area contributed by atoms with Crippen molar-refractivity contribution in [3.63, 3.8) is 0 Å². The highest BCUT2D eigenvalue weighted by molar-refractivity contribution is 5.89. The smallest absolute Gasteiger partial charge is 0.337 e. The molecule has 130 valence electrons. The Morgan fingerprint density at radius 1 is 1.00 bits per heavy atom. The summed E-state index contributed by atoms with van der Waals surface area (Å²) < 4.78 is 4.72. The summed E-state index contributed by atoms with van der Waals surface area (Å²) in [5.41, 5.74) is 8.80. The first kappa shape index (κ1) is 20.2. The summed E-state index contributed by atoms with van der Waals surface area (Å²) in [5.74, 6) is -0.306. The number of benzene rings is 2. The summed E-state index contributed by atoms with van der Waals surface area (Å²) in [5, 5.41) is 0. The number of esters is 1. The maximum atomic E-state index is 11.5. The van der Waals surface area contributed by atoms with E-state index in [1.807, 2.05) is 18.2 Å². The van der Waals surface area contributed by atoms with Gasteiger partial charge in [-0.25, -0.2) is 4.79 Å². The Hall–Kier alpha value is -1.88. The third-order valence-corrected chi connectivity index (χ3v) is 3.79. The average molecular weight is 349 g/mol. The number of nitrogens with two attached hydrogens (primary N) is 1. The number of hydrogen-bond donors (Lipinski definition) is 1. The first-order chi connectivity index (χ1) is 11.2. The Morgan fingerprint density at radius 2 is 1.67 bits per heavy atom. The van der Waals surface area contributed by atoms with E-state index in [2.05, 4.69) is 29.2 Å². The minimum atomic E-state index is -0.306. The molecule has 0 fully saturated rings. The highest BCUT2D eigenvalue weighted by Gasteiger charge is 2.08. The highest BCUT2D eigenvalue weighted by Crippen LogP contribution is 2.10. The zero-order valence-corrected chi connectivity index (χ0v) is 14.8. The maximum Gasteiger partial charge on any atom is 0.337 e. The van der Waals surface area contributed by atoms with E-state index in [4.69, 9.17) is 10.5 Å². The zero-order chi connectivity index (χ0) is 16.5. The number of nitrogens with zero attached hydrogens (tertiary/aromatic N) is 1. The second-order valence-corrected chi connectivity index (χ2v) is 5.49. The molecule has 2 aromatic carbocycles. The van der Waals surface area contributed by atoms with Crippen LogP contribution < -0.4 is 5.73 Å². The molecule has 24 heavy (non-hydrogen) atoms. The molecule has 0 atom stereocenters. The molecular formula is C19H25ClN2O2. The van der Waals surface area contributed by atoms with Gasteiger partial charge >= 0.3 is 5.97 Å². The molecule has 5 heteroatoms. The highest BCUT2D eigenvalue weighted by atomic mass is 35.5. The van der Waals surface area contributed by atoms with Gasteiger partial charge in [0.05, 0.1) is 12.7 Å². The van der Waals surface area contributed by atoms with Gasteiger partial charge in [0.25, 0.3) is 0 Å². The van der Waals surface area contributed by atoms with Crippen LogP contribution in [0, 0.1) is 0 Å². The van der Waals surface area contributed by atoms with Gasteiger partial charge < -0.3 is 10.5 Å². The number of hydrogen-bond acceptors (Lipinski definition) is 4. The van der Waals surface area contributed by atoms with Crippen molar-refractivity contribution in [1.29, 1.82) is 0 Å². The lowest BCUT2D eigenvalue weighted by Crippen LogP contribution is -2.31. The molecule has 0 saturated carbocycles. The third kappa shape index (κ3) is 6.32. The molecule has 2 rings (SSSR count). The molecule has 0 unspecified atom stereocenters. The number of ether oxygens (including phenoxy) is 1. The number of halogens is 1. The van der Waals surface area contributed by atoms with Crippen LogP contribution >= 0.6 is 12.4 Å². The molecule has 0 aromatic heterocycles. The van der Waals surface area contributed by atoms with Crippen LogP contribution in [0.25, 0.3) is 0 Å². The van der Waals surface area contributed by atoms with Crippen molar-refractivity contribution in [3.8, 4) is 0 Å². The van der Waals surface area contributed by atoms with Gasteiger partial charge in [-0.2, -0.15) is 0 Å². The molecule has 0 bridgehead atoms. The van der Waals surface area contributed by atoms with E-state index < -0.39 is 0 Å². The normalized spacial score (nSPS) is 10.3. The number of rotatable bonds is 8. The van der Waals surface area contributed by atoms with Gasteiger partial charge in [-0.15, -0.1) is 12.4 Å². The van der Waals surface area contributed by atoms with E-state index >= 15 is 0 Å². The van der Waals surface area contributed by atoms with Gasteiger partial charge in [-0.05, 0) is 29.7 Å². The van der Waals surface area contributed by atoms with E-state index in [1.54, 1.807) is 12.1 Å². The third-order valence-electron chi connectivity index (χ3n) is 3.79. The van der Waals surface area contributed by atoms with E-state index in [-0.39, 0.29) is 18.4 Å². The van der Waals surface area contributed by atoms with Crippen molar-refractivity contribution in [2.45, 2.75) is 13.0 Å². The lowest BCUT2D eigenvalue weighted by molar-refractivity contribution is 0.0600. The molecule has 0 radical (unpaired) electrons. The minimum absolute atomic E-state index is 0. The second kappa shape index (κ2) is 10.8. The van der Waals surface area contributed by atoms with Crippen LogP contribution in [-0.2, 0) is 17.7 Å². The Kier molecular flexibility index (Phi) is 9.08. The quantitative estimate of drug-likeness (QED) is 0.745. The summed E-state index contributed by atoms with van der Waals surface area (Å²) in [6.07, 6.45) is 1.00. The molecule has 0 aliphatic rings. The van der Waals surface area contributed by atoms with Gasteiger partial charge in [-0.1, -0.05) is 42.5 Å². The molecule has 0 heterocycles. The van der Waals surface area contributed by atoms with Crippen LogP contribution in [0.1, 0.15) is 21.5 Å². The number of carbonyl (C=O) groups excluding carboxylic acids is 1. The van der Waals surface area contributed by atoms with Gasteiger partial charge in [0.15, 0.2) is 0 Å². The van der Waals surface area contributed by atoms with Crippen molar-refractivity contribution in [2.24, 2.45) is 5.73 Å². The lowest BCUT2D eigenvalue weighted by atomic mass is 10.1. The van der Waals surface area contributed by atoms with E-state index in [9.17, 15) is 4.79 Å². The summed E-state index contributed by atoms with van der Waals surface area (Å²) in [6, 6.07) is 18.0. The lowest BCUT2D eigenvalue weighted by Gasteiger charge is -2.21. The molecule has 0 aliphatic heterocycles. The van der Waals surface area contributed by atoms with Crippen molar-refractivity contribution < 1.29 is 9.53 Å². The van der Waals surface area contributed by atoms with E-state index in [0.717, 1.165) is 26.1 Å². The fourth-order valence-electron chi connectivity index (χ4n) is 2.51. The number of methoxy groups -OCH3 is 1. The standard InChI is InChI=1S/C19H24N2O2.ClH/c1-23-19(22)18-9-7-17(8-10-18)15-21(14-12-20)13-11-16-5-3-2-4-6-16;/h2-10H,11-15,20H2,1H3;1H. The average Bonchev–Trinajstić information content (AvgIpc) is 2.61. The fourth-order valence-corrected chi connectivity index (χ4v) is 2.51. The van der Waals surface area contributed by atoms with E-state index in [1.165, 1.54) is 18.2 Å². The molecule has 2 N–H and O–H groups in total. The second-order valence-electron chi connectivity index (χ2n) is 5.49. The van der Waals surface area contributed by atoms with Crippen molar-refractivity contribution in [2.75, 3.05) is 26.7 Å². The molecule has 4 nitrogen and oxygen atoms in total. The maximum absolute atomic E-state index is 11.5. The van der Waals surface area contributed by atoms with Crippen LogP contribution in [-0.4, -0.2) is 37.6 Å². The zero-order valence-electron chi connectivity index (χ0n) is 14.0. The summed E-state index contributed by atoms with van der Waals surface area (Å²) in [6.45, 7) is 3.27. The Morgan fingerprint density at radius 3 is 2.25 bits per heavy atom. The van der Waals surface area contributed by atoms with Gasteiger partial charge in [0, 0.05) is 26.2 Å². The molecule has 0 saturated heterocycles. The first-order valence-electron chi connectivity index (χ1n) is 7.86. The van der Waals surface area contributed by atoms with Gasteiger partial charge in [-0.3, -0.25) is 4.90 Å². The monoisotopic (exact) mass is 348 g/mol. The van der Waals surface area contributed by atoms with Crippen LogP contribution in [0.5, 0.6) is 0 Å². The Labute approximate surface area is 150 Å². The van der Waals surface area contributed by atoms with Gasteiger partial charge in [0.1, 0.15) is 0 Å². The predicted molar refractivity (Wildman–Crippen MR) is 99.5 cm³/mol. The minimum Gasteiger partial charge on any atom is -0.465 e. The Bertz CT molecular complexity index is 603. The van der Waals surface area contributed by atoms with Crippen molar-refractivity contribution >= 4 is 18.4 Å². The predicted octanol–water partition coefficient (Wildman–Crippen LogP) is 2.90. The summed E-state index contributed by atoms with van der Waals surface area (Å²) in [4.78, 5) is 13.8. The van der Waals surface area contributed by atoms with Crippen LogP contribution in [0.2, 0.25) is 0 Å². The topological polar surface area (TPSA) is 55.6 Å². The molecule has 0 spiro atoms. The van der Waals surface area contributed by atoms with Crippen molar-refractivity contribution in [3.05, 3.63) is 71.3 Å². The van der Waals surface area contributed by atoms with Crippen LogP contribution in [0.3, 0.4) is 0 Å².